The number of pyridine rings is 1. The number of hydrogen-bond donors (Lipinski definition) is 1. The third kappa shape index (κ3) is 3.84. The molecule has 102 valence electrons. The van der Waals surface area contributed by atoms with E-state index in [-0.39, 0.29) is 16.8 Å². The normalized spacial score (nSPS) is 11.6. The summed E-state index contributed by atoms with van der Waals surface area (Å²) >= 11 is 10.0. The molecule has 2 aromatic rings. The van der Waals surface area contributed by atoms with Gasteiger partial charge in [-0.2, -0.15) is 13.2 Å². The summed E-state index contributed by atoms with van der Waals surface area (Å²) in [7, 11) is 0. The summed E-state index contributed by atoms with van der Waals surface area (Å²) in [5, 5.41) is 2.68. The molecular formula is C11H7BrClF3N2S. The lowest BCUT2D eigenvalue weighted by molar-refractivity contribution is -0.137. The van der Waals surface area contributed by atoms with E-state index < -0.39 is 11.7 Å². The highest BCUT2D eigenvalue weighted by Gasteiger charge is 2.34. The minimum Gasteiger partial charge on any atom is -0.365 e. The van der Waals surface area contributed by atoms with E-state index in [1.165, 1.54) is 17.5 Å². The molecule has 2 heterocycles. The van der Waals surface area contributed by atoms with Gasteiger partial charge in [0.2, 0.25) is 0 Å². The fourth-order valence-electron chi connectivity index (χ4n) is 1.41. The molecule has 0 aliphatic heterocycles. The van der Waals surface area contributed by atoms with Crippen LogP contribution >= 0.6 is 38.9 Å². The topological polar surface area (TPSA) is 24.9 Å². The number of thiophene rings is 1. The Bertz CT molecular complexity index is 586. The van der Waals surface area contributed by atoms with Crippen LogP contribution in [0, 0.1) is 0 Å². The zero-order chi connectivity index (χ0) is 14.0. The average Bonchev–Trinajstić information content (AvgIpc) is 2.72. The van der Waals surface area contributed by atoms with Crippen LogP contribution < -0.4 is 5.32 Å². The van der Waals surface area contributed by atoms with Crippen LogP contribution in [0.25, 0.3) is 0 Å². The summed E-state index contributed by atoms with van der Waals surface area (Å²) in [6, 6.07) is 4.45. The molecule has 2 nitrogen and oxygen atoms in total. The van der Waals surface area contributed by atoms with Gasteiger partial charge in [0.1, 0.15) is 5.82 Å². The molecule has 8 heteroatoms. The van der Waals surface area contributed by atoms with E-state index in [1.807, 2.05) is 0 Å². The van der Waals surface area contributed by atoms with E-state index in [1.54, 1.807) is 12.1 Å². The third-order valence-corrected chi connectivity index (χ3v) is 3.88. The Morgan fingerprint density at radius 1 is 1.37 bits per heavy atom. The largest absolute Gasteiger partial charge is 0.419 e. The summed E-state index contributed by atoms with van der Waals surface area (Å²) in [4.78, 5) is 4.60. The third-order valence-electron chi connectivity index (χ3n) is 2.22. The molecule has 0 bridgehead atoms. The molecule has 0 aromatic carbocycles. The zero-order valence-electron chi connectivity index (χ0n) is 9.26. The van der Waals surface area contributed by atoms with E-state index >= 15 is 0 Å². The molecule has 0 amide bonds. The summed E-state index contributed by atoms with van der Waals surface area (Å²) < 4.78 is 39.4. The zero-order valence-corrected chi connectivity index (χ0v) is 12.4. The van der Waals surface area contributed by atoms with Gasteiger partial charge in [0.15, 0.2) is 0 Å². The highest BCUT2D eigenvalue weighted by Crippen LogP contribution is 2.35. The monoisotopic (exact) mass is 370 g/mol. The fraction of sp³-hybridized carbons (Fsp3) is 0.182. The summed E-state index contributed by atoms with van der Waals surface area (Å²) in [5.74, 6) is -0.194. The second kappa shape index (κ2) is 5.68. The number of aromatic nitrogens is 1. The van der Waals surface area contributed by atoms with Crippen molar-refractivity contribution < 1.29 is 13.2 Å². The predicted molar refractivity (Wildman–Crippen MR) is 73.6 cm³/mol. The van der Waals surface area contributed by atoms with Crippen molar-refractivity contribution in [3.05, 3.63) is 43.6 Å². The van der Waals surface area contributed by atoms with Gasteiger partial charge in [-0.05, 0) is 34.1 Å². The Morgan fingerprint density at radius 2 is 2.11 bits per heavy atom. The first-order chi connectivity index (χ1) is 8.86. The van der Waals surface area contributed by atoms with Crippen LogP contribution in [-0.4, -0.2) is 4.98 Å². The van der Waals surface area contributed by atoms with Gasteiger partial charge in [0.25, 0.3) is 0 Å². The van der Waals surface area contributed by atoms with Crippen LogP contribution in [0.15, 0.2) is 28.9 Å². The molecule has 0 radical (unpaired) electrons. The number of alkyl halides is 3. The Morgan fingerprint density at radius 3 is 2.68 bits per heavy atom. The summed E-state index contributed by atoms with van der Waals surface area (Å²) in [6.07, 6.45) is -3.13. The summed E-state index contributed by atoms with van der Waals surface area (Å²) in [6.45, 7) is 0.245. The van der Waals surface area contributed by atoms with Crippen molar-refractivity contribution in [2.45, 2.75) is 12.7 Å². The van der Waals surface area contributed by atoms with Gasteiger partial charge in [-0.25, -0.2) is 4.98 Å². The molecule has 0 saturated carbocycles. The number of halogens is 5. The van der Waals surface area contributed by atoms with Gasteiger partial charge in [-0.1, -0.05) is 11.6 Å². The van der Waals surface area contributed by atoms with Crippen LogP contribution in [0.4, 0.5) is 19.0 Å². The predicted octanol–water partition coefficient (Wildman–Crippen LogP) is 5.19. The lowest BCUT2D eigenvalue weighted by Crippen LogP contribution is -2.12. The van der Waals surface area contributed by atoms with Crippen molar-refractivity contribution in [3.8, 4) is 0 Å². The minimum absolute atomic E-state index is 0.194. The first-order valence-electron chi connectivity index (χ1n) is 5.07. The molecule has 0 saturated heterocycles. The molecule has 0 unspecified atom stereocenters. The van der Waals surface area contributed by atoms with E-state index in [9.17, 15) is 13.2 Å². The van der Waals surface area contributed by atoms with E-state index in [0.717, 1.165) is 10.9 Å². The van der Waals surface area contributed by atoms with Crippen LogP contribution in [0.3, 0.4) is 0 Å². The lowest BCUT2D eigenvalue weighted by Gasteiger charge is -2.13. The van der Waals surface area contributed by atoms with E-state index in [4.69, 9.17) is 11.6 Å². The van der Waals surface area contributed by atoms with Gasteiger partial charge in [0.05, 0.1) is 16.4 Å². The quantitative estimate of drug-likeness (QED) is 0.803. The summed E-state index contributed by atoms with van der Waals surface area (Å²) in [5.41, 5.74) is -0.801. The molecule has 0 aliphatic rings. The van der Waals surface area contributed by atoms with Crippen LogP contribution in [0.1, 0.15) is 10.4 Å². The molecule has 0 spiro atoms. The van der Waals surface area contributed by atoms with Crippen molar-refractivity contribution in [2.24, 2.45) is 0 Å². The van der Waals surface area contributed by atoms with Crippen LogP contribution in [0.2, 0.25) is 4.34 Å². The van der Waals surface area contributed by atoms with Crippen LogP contribution in [0.5, 0.6) is 0 Å². The first kappa shape index (κ1) is 14.6. The molecule has 2 aromatic heterocycles. The van der Waals surface area contributed by atoms with Crippen molar-refractivity contribution in [1.29, 1.82) is 0 Å². The smallest absolute Gasteiger partial charge is 0.365 e. The van der Waals surface area contributed by atoms with Crippen molar-refractivity contribution in [2.75, 3.05) is 5.32 Å². The molecular weight excluding hydrogens is 365 g/mol. The fourth-order valence-corrected chi connectivity index (χ4v) is 2.77. The van der Waals surface area contributed by atoms with Crippen molar-refractivity contribution in [3.63, 3.8) is 0 Å². The second-order valence-corrected chi connectivity index (χ2v) is 6.32. The maximum Gasteiger partial charge on any atom is 0.419 e. The standard InChI is InChI=1S/C11H7BrClF3N2S/c12-6-3-8(11(14,15)16)10(17-4-6)18-5-7-1-2-9(13)19-7/h1-4H,5H2,(H,17,18). The Balaban J connectivity index is 2.20. The molecule has 19 heavy (non-hydrogen) atoms. The molecule has 2 rings (SSSR count). The van der Waals surface area contributed by atoms with Gasteiger partial charge < -0.3 is 5.32 Å². The van der Waals surface area contributed by atoms with Gasteiger partial charge in [0, 0.05) is 15.5 Å². The maximum atomic E-state index is 12.8. The van der Waals surface area contributed by atoms with E-state index in [0.29, 0.717) is 4.34 Å². The number of nitrogens with one attached hydrogen (secondary N) is 1. The van der Waals surface area contributed by atoms with Crippen molar-refractivity contribution in [1.82, 2.24) is 4.98 Å². The second-order valence-electron chi connectivity index (χ2n) is 3.61. The van der Waals surface area contributed by atoms with Gasteiger partial charge in [-0.15, -0.1) is 11.3 Å². The number of nitrogens with zero attached hydrogens (tertiary/aromatic N) is 1. The van der Waals surface area contributed by atoms with Gasteiger partial charge >= 0.3 is 6.18 Å². The highest BCUT2D eigenvalue weighted by atomic mass is 79.9. The maximum absolute atomic E-state index is 12.8. The first-order valence-corrected chi connectivity index (χ1v) is 7.06. The molecule has 0 aliphatic carbocycles. The average molecular weight is 372 g/mol. The Labute approximate surface area is 124 Å². The number of hydrogen-bond acceptors (Lipinski definition) is 3. The lowest BCUT2D eigenvalue weighted by atomic mass is 10.2. The molecule has 1 N–H and O–H groups in total. The van der Waals surface area contributed by atoms with E-state index in [2.05, 4.69) is 26.2 Å². The highest BCUT2D eigenvalue weighted by molar-refractivity contribution is 9.10. The van der Waals surface area contributed by atoms with Crippen molar-refractivity contribution >= 4 is 44.7 Å². The molecule has 0 atom stereocenters. The Hall–Kier alpha value is -0.790. The number of rotatable bonds is 3. The SMILES string of the molecule is FC(F)(F)c1cc(Br)cnc1NCc1ccc(Cl)s1. The number of anilines is 1. The minimum atomic E-state index is -4.45. The molecule has 0 fully saturated rings. The Kier molecular flexibility index (Phi) is 4.37. The van der Waals surface area contributed by atoms with Crippen LogP contribution in [-0.2, 0) is 12.7 Å². The van der Waals surface area contributed by atoms with Gasteiger partial charge in [-0.3, -0.25) is 0 Å².